The van der Waals surface area contributed by atoms with Gasteiger partial charge in [-0.3, -0.25) is 0 Å². The summed E-state index contributed by atoms with van der Waals surface area (Å²) in [5.74, 6) is 0. The molecule has 0 atom stereocenters. The Bertz CT molecular complexity index is 265. The fourth-order valence-corrected chi connectivity index (χ4v) is 0. The molecule has 22 heteroatoms. The van der Waals surface area contributed by atoms with Crippen molar-refractivity contribution in [1.82, 2.24) is 0 Å². The topological polar surface area (TPSA) is 0 Å². The summed E-state index contributed by atoms with van der Waals surface area (Å²) in [6.07, 6.45) is 0. The zero-order chi connectivity index (χ0) is 19.2. The van der Waals surface area contributed by atoms with E-state index in [1.54, 1.807) is 0 Å². The molecule has 0 unspecified atom stereocenters. The van der Waals surface area contributed by atoms with Gasteiger partial charge in [0.25, 0.3) is 0 Å². The van der Waals surface area contributed by atoms with Crippen LogP contribution >= 0.6 is 159 Å². The molecule has 0 saturated heterocycles. The van der Waals surface area contributed by atoms with Crippen LogP contribution in [0.1, 0.15) is 0 Å². The second-order valence-corrected chi connectivity index (χ2v) is 174. The third kappa shape index (κ3) is 310. The first-order valence-electron chi connectivity index (χ1n) is 3.04. The average Bonchev–Trinajstić information content (AvgIpc) is 1.19. The van der Waals surface area contributed by atoms with Gasteiger partial charge in [-0.25, -0.2) is 0 Å². The van der Waals surface area contributed by atoms with E-state index in [4.69, 9.17) is 159 Å². The van der Waals surface area contributed by atoms with Gasteiger partial charge in [0.2, 0.25) is 0 Å². The molecule has 0 aliphatic carbocycles. The van der Waals surface area contributed by atoms with Crippen LogP contribution in [0.4, 0.5) is 0 Å². The van der Waals surface area contributed by atoms with Crippen LogP contribution in [0.2, 0.25) is 0 Å². The normalized spacial score (nSPS) is 22.1. The number of rotatable bonds is 0. The summed E-state index contributed by atoms with van der Waals surface area (Å²) in [6, 6.07) is 0. The van der Waals surface area contributed by atoms with E-state index in [9.17, 15) is 0 Å². The predicted molar refractivity (Wildman–Crippen MR) is 128 cm³/mol. The summed E-state index contributed by atoms with van der Waals surface area (Å²) < 4.78 is 0. The van der Waals surface area contributed by atoms with Gasteiger partial charge in [0.05, 0.1) is 0 Å². The van der Waals surface area contributed by atoms with E-state index >= 15 is 0 Å². The number of halogens is 18. The van der Waals surface area contributed by atoms with Gasteiger partial charge in [0.1, 0.15) is 0 Å². The van der Waals surface area contributed by atoms with Crippen molar-refractivity contribution in [2.24, 2.45) is 0 Å². The van der Waals surface area contributed by atoms with Crippen LogP contribution in [-0.2, 0) is 0 Å². The summed E-state index contributed by atoms with van der Waals surface area (Å²) in [7, 11) is 74.9. The van der Waals surface area contributed by atoms with Gasteiger partial charge < -0.3 is 0 Å². The molecule has 0 N–H and O–H groups in total. The van der Waals surface area contributed by atoms with Crippen molar-refractivity contribution >= 4 is 204 Å². The van der Waals surface area contributed by atoms with Gasteiger partial charge >= 0.3 is 204 Å². The third-order valence-corrected chi connectivity index (χ3v) is 0. The second-order valence-electron chi connectivity index (χ2n) is 2.87. The molecule has 0 aromatic carbocycles. The Hall–Kier alpha value is 8.21. The van der Waals surface area contributed by atoms with Crippen LogP contribution in [0, 0.1) is 0 Å². The molecular formula is AlCl18Sb3. The summed E-state index contributed by atoms with van der Waals surface area (Å²) in [4.78, 5) is 0. The van der Waals surface area contributed by atoms with E-state index in [1.165, 1.54) is 0 Å². The zero-order valence-corrected chi connectivity index (χ0v) is 31.1. The molecule has 0 heterocycles. The maximum absolute atomic E-state index is 5.42. The maximum atomic E-state index is 5.06. The molecule has 0 rings (SSSR count). The molecule has 0 aliphatic heterocycles. The van der Waals surface area contributed by atoms with Gasteiger partial charge in [0, 0.05) is 0 Å². The van der Waals surface area contributed by atoms with Crippen LogP contribution in [0.3, 0.4) is 0 Å². The summed E-state index contributed by atoms with van der Waals surface area (Å²) in [6.45, 7) is 0. The molecule has 0 radical (unpaired) electrons. The average molecular weight is 1030 g/mol. The molecule has 22 heavy (non-hydrogen) atoms. The molecule has 0 amide bonds. The van der Waals surface area contributed by atoms with E-state index in [-0.39, 0.29) is 17.4 Å². The molecular weight excluding hydrogens is 1030 g/mol. The van der Waals surface area contributed by atoms with Crippen molar-refractivity contribution in [3.63, 3.8) is 0 Å². The third-order valence-electron chi connectivity index (χ3n) is 0. The van der Waals surface area contributed by atoms with Crippen LogP contribution in [0.5, 0.6) is 0 Å². The predicted octanol–water partition coefficient (Wildman–Crippen LogP) is 10.9. The first kappa shape index (κ1) is 37.5. The number of hydrogen-bond donors (Lipinski definition) is 0. The minimum atomic E-state index is -5.42. The Kier molecular flexibility index (Phi) is 14.0. The van der Waals surface area contributed by atoms with E-state index in [0.717, 1.165) is 0 Å². The summed E-state index contributed by atoms with van der Waals surface area (Å²) in [5.41, 5.74) is 0. The summed E-state index contributed by atoms with van der Waals surface area (Å²) in [5, 5.41) is 0. The molecule has 144 valence electrons. The van der Waals surface area contributed by atoms with E-state index < -0.39 is 27.4 Å². The van der Waals surface area contributed by atoms with Crippen molar-refractivity contribution in [2.45, 2.75) is 0 Å². The van der Waals surface area contributed by atoms with Crippen molar-refractivity contribution in [1.29, 1.82) is 0 Å². The Morgan fingerprint density at radius 2 is 0.227 bits per heavy atom. The molecule has 0 saturated carbocycles. The number of hydrogen-bond acceptors (Lipinski definition) is 0. The quantitative estimate of drug-likeness (QED) is 0.212. The second kappa shape index (κ2) is 8.21. The summed E-state index contributed by atoms with van der Waals surface area (Å²) >= 11 is 0. The molecule has 0 spiro atoms. The van der Waals surface area contributed by atoms with Crippen LogP contribution in [-0.4, -0.2) is 44.8 Å². The van der Waals surface area contributed by atoms with Crippen LogP contribution < -0.4 is 0 Å². The van der Waals surface area contributed by atoms with Gasteiger partial charge in [0.15, 0.2) is 0 Å². The standard InChI is InChI=1S/Al.18ClH.3Sb/h;18*1H;;;/q+3;;;;;;;;;;;;;;;;;;;3*+5/p-18. The van der Waals surface area contributed by atoms with E-state index in [1.807, 2.05) is 0 Å². The Morgan fingerprint density at radius 3 is 0.227 bits per heavy atom. The van der Waals surface area contributed by atoms with Crippen molar-refractivity contribution in [3.8, 4) is 0 Å². The SMILES string of the molecule is [Al+3].[Cl][Sb-]([Cl])([Cl])([Cl])([Cl])[Cl].[Cl][Sb-]([Cl])([Cl])([Cl])([Cl])[Cl].[Cl][Sb-]([Cl])([Cl])([Cl])([Cl])[Cl]. The molecule has 0 fully saturated rings. The van der Waals surface area contributed by atoms with Gasteiger partial charge in [-0.1, -0.05) is 0 Å². The van der Waals surface area contributed by atoms with Crippen LogP contribution in [0.25, 0.3) is 0 Å². The van der Waals surface area contributed by atoms with Gasteiger partial charge in [-0.05, 0) is 0 Å². The molecule has 0 aromatic heterocycles. The Labute approximate surface area is 197 Å². The zero-order valence-electron chi connectivity index (χ0n) is 8.72. The monoisotopic (exact) mass is 1020 g/mol. The molecule has 0 aromatic rings. The van der Waals surface area contributed by atoms with E-state index in [2.05, 4.69) is 0 Å². The van der Waals surface area contributed by atoms with E-state index in [0.29, 0.717) is 0 Å². The fraction of sp³-hybridized carbons (Fsp3) is 0. The first-order chi connectivity index (χ1) is 7.35. The first-order valence-corrected chi connectivity index (χ1v) is 61.2. The Balaban J connectivity index is -0.000000108. The minimum absolute atomic E-state index is 0. The fourth-order valence-electron chi connectivity index (χ4n) is 0. The van der Waals surface area contributed by atoms with Gasteiger partial charge in [-0.2, -0.15) is 0 Å². The molecule has 0 aliphatic rings. The van der Waals surface area contributed by atoms with Crippen molar-refractivity contribution in [3.05, 3.63) is 0 Å². The Morgan fingerprint density at radius 1 is 0.227 bits per heavy atom. The van der Waals surface area contributed by atoms with Crippen molar-refractivity contribution in [2.75, 3.05) is 0 Å². The van der Waals surface area contributed by atoms with Crippen LogP contribution in [0.15, 0.2) is 0 Å². The van der Waals surface area contributed by atoms with Gasteiger partial charge in [-0.15, -0.1) is 0 Å². The van der Waals surface area contributed by atoms with Crippen molar-refractivity contribution < 1.29 is 0 Å². The molecule has 0 bridgehead atoms. The molecule has 0 nitrogen and oxygen atoms in total.